The lowest BCUT2D eigenvalue weighted by molar-refractivity contribution is 0.0940. The normalized spacial score (nSPS) is 12.0. The fourth-order valence-electron chi connectivity index (χ4n) is 3.39. The van der Waals surface area contributed by atoms with Gasteiger partial charge < -0.3 is 10.6 Å². The Morgan fingerprint density at radius 2 is 1.53 bits per heavy atom. The first-order valence-electron chi connectivity index (χ1n) is 11.2. The van der Waals surface area contributed by atoms with Crippen molar-refractivity contribution in [2.75, 3.05) is 15.9 Å². The van der Waals surface area contributed by atoms with Crippen molar-refractivity contribution in [3.05, 3.63) is 93.5 Å². The topological polar surface area (TPSA) is 95.6 Å². The summed E-state index contributed by atoms with van der Waals surface area (Å²) in [5, 5.41) is 6.36. The highest BCUT2D eigenvalue weighted by molar-refractivity contribution is 7.92. The third-order valence-electron chi connectivity index (χ3n) is 5.59. The summed E-state index contributed by atoms with van der Waals surface area (Å²) in [6.07, 6.45) is 1.86. The van der Waals surface area contributed by atoms with E-state index in [0.29, 0.717) is 38.1 Å². The van der Waals surface area contributed by atoms with Crippen LogP contribution in [0.5, 0.6) is 0 Å². The van der Waals surface area contributed by atoms with Gasteiger partial charge in [0.05, 0.1) is 29.7 Å². The maximum Gasteiger partial charge on any atom is 0.255 e. The SMILES string of the molecule is CC[C@@H](C)NC(=O)c1ccccc1NC(=O)c1ccc(N(Cc2c(Cl)cccc2Cl)S(C)(=O)=O)cc1. The quantitative estimate of drug-likeness (QED) is 0.357. The summed E-state index contributed by atoms with van der Waals surface area (Å²) >= 11 is 12.5. The lowest BCUT2D eigenvalue weighted by atomic mass is 10.1. The Bertz CT molecular complexity index is 1340. The largest absolute Gasteiger partial charge is 0.350 e. The van der Waals surface area contributed by atoms with Crippen LogP contribution in [0.4, 0.5) is 11.4 Å². The summed E-state index contributed by atoms with van der Waals surface area (Å²) in [5.41, 5.74) is 1.83. The minimum atomic E-state index is -3.69. The van der Waals surface area contributed by atoms with Gasteiger partial charge in [0.2, 0.25) is 10.0 Å². The molecule has 0 aliphatic heterocycles. The lowest BCUT2D eigenvalue weighted by Gasteiger charge is -2.24. The van der Waals surface area contributed by atoms with Crippen molar-refractivity contribution in [3.8, 4) is 0 Å². The van der Waals surface area contributed by atoms with Gasteiger partial charge in [0.1, 0.15) is 0 Å². The molecule has 0 saturated heterocycles. The second-order valence-corrected chi connectivity index (χ2v) is 11.0. The number of nitrogens with zero attached hydrogens (tertiary/aromatic N) is 1. The maximum absolute atomic E-state index is 12.9. The van der Waals surface area contributed by atoms with Crippen LogP contribution in [0.15, 0.2) is 66.7 Å². The number of sulfonamides is 1. The van der Waals surface area contributed by atoms with Crippen molar-refractivity contribution < 1.29 is 18.0 Å². The smallest absolute Gasteiger partial charge is 0.255 e. The monoisotopic (exact) mass is 547 g/mol. The molecule has 0 aliphatic carbocycles. The number of para-hydroxylation sites is 1. The van der Waals surface area contributed by atoms with Gasteiger partial charge in [-0.2, -0.15) is 0 Å². The van der Waals surface area contributed by atoms with E-state index in [1.54, 1.807) is 42.5 Å². The van der Waals surface area contributed by atoms with Crippen LogP contribution in [0.3, 0.4) is 0 Å². The fraction of sp³-hybridized carbons (Fsp3) is 0.231. The number of benzene rings is 3. The van der Waals surface area contributed by atoms with Gasteiger partial charge in [0.15, 0.2) is 0 Å². The predicted molar refractivity (Wildman–Crippen MR) is 146 cm³/mol. The zero-order valence-corrected chi connectivity index (χ0v) is 22.4. The zero-order chi connectivity index (χ0) is 26.5. The molecule has 190 valence electrons. The molecular formula is C26H27Cl2N3O4S. The van der Waals surface area contributed by atoms with Gasteiger partial charge >= 0.3 is 0 Å². The van der Waals surface area contributed by atoms with Crippen molar-refractivity contribution in [2.24, 2.45) is 0 Å². The van der Waals surface area contributed by atoms with Crippen molar-refractivity contribution in [1.29, 1.82) is 0 Å². The number of carbonyl (C=O) groups is 2. The highest BCUT2D eigenvalue weighted by Crippen LogP contribution is 2.29. The Labute approximate surface area is 221 Å². The molecule has 0 spiro atoms. The molecule has 0 aliphatic rings. The number of hydrogen-bond acceptors (Lipinski definition) is 4. The van der Waals surface area contributed by atoms with Gasteiger partial charge in [-0.1, -0.05) is 48.3 Å². The van der Waals surface area contributed by atoms with Crippen LogP contribution in [0.25, 0.3) is 0 Å². The van der Waals surface area contributed by atoms with E-state index in [1.807, 2.05) is 13.8 Å². The molecule has 0 heterocycles. The molecular weight excluding hydrogens is 521 g/mol. The van der Waals surface area contributed by atoms with E-state index in [-0.39, 0.29) is 18.5 Å². The summed E-state index contributed by atoms with van der Waals surface area (Å²) in [4.78, 5) is 25.5. The molecule has 0 saturated carbocycles. The van der Waals surface area contributed by atoms with E-state index >= 15 is 0 Å². The number of carbonyl (C=O) groups excluding carboxylic acids is 2. The first kappa shape index (κ1) is 27.5. The van der Waals surface area contributed by atoms with Gasteiger partial charge in [0.25, 0.3) is 11.8 Å². The van der Waals surface area contributed by atoms with Crippen molar-refractivity contribution >= 4 is 56.4 Å². The number of anilines is 2. The van der Waals surface area contributed by atoms with Crippen molar-refractivity contribution in [1.82, 2.24) is 5.32 Å². The Balaban J connectivity index is 1.82. The fourth-order valence-corrected chi connectivity index (χ4v) is 4.78. The molecule has 3 aromatic rings. The van der Waals surface area contributed by atoms with Crippen LogP contribution in [0, 0.1) is 0 Å². The molecule has 36 heavy (non-hydrogen) atoms. The number of halogens is 2. The van der Waals surface area contributed by atoms with Gasteiger partial charge in [-0.15, -0.1) is 0 Å². The molecule has 3 aromatic carbocycles. The minimum Gasteiger partial charge on any atom is -0.350 e. The molecule has 0 bridgehead atoms. The van der Waals surface area contributed by atoms with Crippen LogP contribution >= 0.6 is 23.2 Å². The van der Waals surface area contributed by atoms with Crippen molar-refractivity contribution in [2.45, 2.75) is 32.9 Å². The van der Waals surface area contributed by atoms with Crippen molar-refractivity contribution in [3.63, 3.8) is 0 Å². The summed E-state index contributed by atoms with van der Waals surface area (Å²) in [7, 11) is -3.69. The van der Waals surface area contributed by atoms with Crippen LogP contribution < -0.4 is 14.9 Å². The Morgan fingerprint density at radius 3 is 2.11 bits per heavy atom. The van der Waals surface area contributed by atoms with E-state index < -0.39 is 15.9 Å². The summed E-state index contributed by atoms with van der Waals surface area (Å²) < 4.78 is 26.2. The van der Waals surface area contributed by atoms with Gasteiger partial charge in [-0.25, -0.2) is 8.42 Å². The molecule has 1 atom stereocenters. The molecule has 7 nitrogen and oxygen atoms in total. The third kappa shape index (κ3) is 6.78. The van der Waals surface area contributed by atoms with Gasteiger partial charge in [-0.3, -0.25) is 13.9 Å². The average Bonchev–Trinajstić information content (AvgIpc) is 2.83. The molecule has 2 amide bonds. The van der Waals surface area contributed by atoms with E-state index in [1.165, 1.54) is 24.3 Å². The number of amides is 2. The van der Waals surface area contributed by atoms with Crippen LogP contribution in [0.1, 0.15) is 46.5 Å². The first-order chi connectivity index (χ1) is 17.0. The number of rotatable bonds is 9. The highest BCUT2D eigenvalue weighted by Gasteiger charge is 2.21. The Hall–Kier alpha value is -3.07. The second kappa shape index (κ2) is 11.8. The van der Waals surface area contributed by atoms with E-state index in [0.717, 1.165) is 17.0 Å². The maximum atomic E-state index is 12.9. The molecule has 10 heteroatoms. The van der Waals surface area contributed by atoms with Crippen LogP contribution in [0.2, 0.25) is 10.0 Å². The standard InChI is InChI=1S/C26H27Cl2N3O4S/c1-4-17(2)29-26(33)20-8-5-6-11-24(20)30-25(32)18-12-14-19(15-13-18)31(36(3,34)35)16-21-22(27)9-7-10-23(21)28/h5-15,17H,4,16H2,1-3H3,(H,29,33)(H,30,32)/t17-/m1/s1. The minimum absolute atomic E-state index is 0.00718. The van der Waals surface area contributed by atoms with E-state index in [9.17, 15) is 18.0 Å². The molecule has 2 N–H and O–H groups in total. The van der Waals surface area contributed by atoms with Crippen LogP contribution in [-0.4, -0.2) is 32.5 Å². The summed E-state index contributed by atoms with van der Waals surface area (Å²) in [6, 6.07) is 17.8. The number of nitrogens with one attached hydrogen (secondary N) is 2. The van der Waals surface area contributed by atoms with E-state index in [4.69, 9.17) is 23.2 Å². The average molecular weight is 548 g/mol. The first-order valence-corrected chi connectivity index (χ1v) is 13.8. The summed E-state index contributed by atoms with van der Waals surface area (Å²) in [5.74, 6) is -0.719. The van der Waals surface area contributed by atoms with Crippen LogP contribution in [-0.2, 0) is 16.6 Å². The second-order valence-electron chi connectivity index (χ2n) is 8.30. The molecule has 0 aromatic heterocycles. The van der Waals surface area contributed by atoms with Gasteiger partial charge in [0, 0.05) is 27.2 Å². The molecule has 0 radical (unpaired) electrons. The third-order valence-corrected chi connectivity index (χ3v) is 7.44. The molecule has 3 rings (SSSR count). The van der Waals surface area contributed by atoms with Gasteiger partial charge in [-0.05, 0) is 61.9 Å². The molecule has 0 fully saturated rings. The zero-order valence-electron chi connectivity index (χ0n) is 20.1. The number of hydrogen-bond donors (Lipinski definition) is 2. The Kier molecular flexibility index (Phi) is 9.00. The van der Waals surface area contributed by atoms with E-state index in [2.05, 4.69) is 10.6 Å². The lowest BCUT2D eigenvalue weighted by Crippen LogP contribution is -2.32. The highest BCUT2D eigenvalue weighted by atomic mass is 35.5. The summed E-state index contributed by atoms with van der Waals surface area (Å²) in [6.45, 7) is 3.80. The Morgan fingerprint density at radius 1 is 0.917 bits per heavy atom. The molecule has 0 unspecified atom stereocenters. The predicted octanol–water partition coefficient (Wildman–Crippen LogP) is 5.74.